The van der Waals surface area contributed by atoms with Gasteiger partial charge in [0.1, 0.15) is 6.33 Å². The molecule has 0 fully saturated rings. The summed E-state index contributed by atoms with van der Waals surface area (Å²) in [5, 5.41) is 3.00. The molecule has 0 unspecified atom stereocenters. The van der Waals surface area contributed by atoms with Crippen molar-refractivity contribution in [1.29, 1.82) is 0 Å². The SMILES string of the molecule is Cc1csc(-n2ccnc2)n1. The maximum Gasteiger partial charge on any atom is 0.194 e. The zero-order valence-electron chi connectivity index (χ0n) is 6.06. The van der Waals surface area contributed by atoms with Crippen LogP contribution in [0, 0.1) is 6.92 Å². The van der Waals surface area contributed by atoms with Crippen molar-refractivity contribution in [2.24, 2.45) is 0 Å². The summed E-state index contributed by atoms with van der Waals surface area (Å²) in [6.45, 7) is 1.98. The van der Waals surface area contributed by atoms with Crippen LogP contribution in [0.25, 0.3) is 5.13 Å². The Hall–Kier alpha value is -1.16. The molecule has 0 aromatic carbocycles. The lowest BCUT2D eigenvalue weighted by atomic mass is 10.6. The van der Waals surface area contributed by atoms with Crippen LogP contribution in [0.3, 0.4) is 0 Å². The van der Waals surface area contributed by atoms with E-state index in [0.717, 1.165) is 10.8 Å². The minimum atomic E-state index is 0.972. The molecule has 2 heterocycles. The van der Waals surface area contributed by atoms with Gasteiger partial charge in [-0.2, -0.15) is 0 Å². The van der Waals surface area contributed by atoms with Gasteiger partial charge in [-0.1, -0.05) is 0 Å². The lowest BCUT2D eigenvalue weighted by Crippen LogP contribution is -1.87. The van der Waals surface area contributed by atoms with Gasteiger partial charge in [0.15, 0.2) is 5.13 Å². The number of aryl methyl sites for hydroxylation is 1. The minimum absolute atomic E-state index is 0.972. The van der Waals surface area contributed by atoms with E-state index in [4.69, 9.17) is 0 Å². The molecule has 4 heteroatoms. The fourth-order valence-corrected chi connectivity index (χ4v) is 1.59. The lowest BCUT2D eigenvalue weighted by molar-refractivity contribution is 1.02. The Balaban J connectivity index is 2.45. The Morgan fingerprint density at radius 2 is 2.45 bits per heavy atom. The van der Waals surface area contributed by atoms with Crippen LogP contribution in [0.4, 0.5) is 0 Å². The zero-order valence-corrected chi connectivity index (χ0v) is 6.88. The van der Waals surface area contributed by atoms with Crippen LogP contribution in [0.5, 0.6) is 0 Å². The molecule has 2 aromatic heterocycles. The monoisotopic (exact) mass is 165 g/mol. The number of hydrogen-bond donors (Lipinski definition) is 0. The van der Waals surface area contributed by atoms with Crippen LogP contribution in [0.2, 0.25) is 0 Å². The molecule has 56 valence electrons. The third-order valence-electron chi connectivity index (χ3n) is 1.33. The van der Waals surface area contributed by atoms with Crippen LogP contribution in [0.1, 0.15) is 5.69 Å². The molecule has 0 N–H and O–H groups in total. The first-order valence-electron chi connectivity index (χ1n) is 3.27. The van der Waals surface area contributed by atoms with Gasteiger partial charge in [0.05, 0.1) is 5.69 Å². The summed E-state index contributed by atoms with van der Waals surface area (Å²) in [6.07, 6.45) is 5.38. The Morgan fingerprint density at radius 3 is 3.00 bits per heavy atom. The summed E-state index contributed by atoms with van der Waals surface area (Å²) in [5.41, 5.74) is 1.05. The van der Waals surface area contributed by atoms with E-state index in [9.17, 15) is 0 Å². The van der Waals surface area contributed by atoms with Gasteiger partial charge >= 0.3 is 0 Å². The van der Waals surface area contributed by atoms with Gasteiger partial charge in [0.2, 0.25) is 0 Å². The number of nitrogens with zero attached hydrogens (tertiary/aromatic N) is 3. The first kappa shape index (κ1) is 6.54. The highest BCUT2D eigenvalue weighted by Crippen LogP contribution is 2.12. The average Bonchev–Trinajstić information content (AvgIpc) is 2.55. The third-order valence-corrected chi connectivity index (χ3v) is 2.30. The Kier molecular flexibility index (Phi) is 1.47. The fourth-order valence-electron chi connectivity index (χ4n) is 0.832. The summed E-state index contributed by atoms with van der Waals surface area (Å²) < 4.78 is 1.90. The first-order chi connectivity index (χ1) is 5.36. The lowest BCUT2D eigenvalue weighted by Gasteiger charge is -1.91. The van der Waals surface area contributed by atoms with Crippen LogP contribution in [-0.2, 0) is 0 Å². The number of hydrogen-bond acceptors (Lipinski definition) is 3. The first-order valence-corrected chi connectivity index (χ1v) is 4.15. The highest BCUT2D eigenvalue weighted by atomic mass is 32.1. The fraction of sp³-hybridized carbons (Fsp3) is 0.143. The molecule has 0 amide bonds. The Morgan fingerprint density at radius 1 is 1.55 bits per heavy atom. The molecule has 0 saturated heterocycles. The predicted molar refractivity (Wildman–Crippen MR) is 44.0 cm³/mol. The van der Waals surface area contributed by atoms with Crippen molar-refractivity contribution < 1.29 is 0 Å². The van der Waals surface area contributed by atoms with Crippen molar-refractivity contribution in [2.45, 2.75) is 6.92 Å². The van der Waals surface area contributed by atoms with E-state index in [2.05, 4.69) is 9.97 Å². The maximum atomic E-state index is 4.29. The Labute approximate surface area is 68.4 Å². The van der Waals surface area contributed by atoms with Gasteiger partial charge in [-0.15, -0.1) is 11.3 Å². The highest BCUT2D eigenvalue weighted by molar-refractivity contribution is 7.12. The molecule has 0 spiro atoms. The largest absolute Gasteiger partial charge is 0.282 e. The van der Waals surface area contributed by atoms with E-state index in [-0.39, 0.29) is 0 Å². The van der Waals surface area contributed by atoms with E-state index >= 15 is 0 Å². The van der Waals surface area contributed by atoms with Crippen molar-refractivity contribution >= 4 is 11.3 Å². The van der Waals surface area contributed by atoms with Crippen LogP contribution >= 0.6 is 11.3 Å². The maximum absolute atomic E-state index is 4.29. The molecule has 2 aromatic rings. The molecule has 2 rings (SSSR count). The van der Waals surface area contributed by atoms with E-state index in [1.54, 1.807) is 23.9 Å². The van der Waals surface area contributed by atoms with Gasteiger partial charge in [-0.3, -0.25) is 4.57 Å². The van der Waals surface area contributed by atoms with Crippen molar-refractivity contribution in [3.8, 4) is 5.13 Å². The molecular formula is C7H7N3S. The summed E-state index contributed by atoms with van der Waals surface area (Å²) in [4.78, 5) is 8.23. The molecule has 0 saturated carbocycles. The predicted octanol–water partition coefficient (Wildman–Crippen LogP) is 1.64. The molecular weight excluding hydrogens is 158 g/mol. The quantitative estimate of drug-likeness (QED) is 0.643. The topological polar surface area (TPSA) is 30.7 Å². The standard InChI is InChI=1S/C7H7N3S/c1-6-4-11-7(9-6)10-3-2-8-5-10/h2-5H,1H3. The van der Waals surface area contributed by atoms with Crippen molar-refractivity contribution in [3.05, 3.63) is 29.8 Å². The molecule has 0 aliphatic rings. The van der Waals surface area contributed by atoms with Crippen molar-refractivity contribution in [2.75, 3.05) is 0 Å². The molecule has 0 aliphatic heterocycles. The van der Waals surface area contributed by atoms with Gasteiger partial charge in [0, 0.05) is 17.8 Å². The van der Waals surface area contributed by atoms with Gasteiger partial charge in [0.25, 0.3) is 0 Å². The van der Waals surface area contributed by atoms with Crippen LogP contribution in [0.15, 0.2) is 24.1 Å². The number of thiazole rings is 1. The van der Waals surface area contributed by atoms with E-state index in [1.165, 1.54) is 0 Å². The van der Waals surface area contributed by atoms with Gasteiger partial charge in [-0.25, -0.2) is 9.97 Å². The summed E-state index contributed by atoms with van der Waals surface area (Å²) in [6, 6.07) is 0. The summed E-state index contributed by atoms with van der Waals surface area (Å²) in [7, 11) is 0. The minimum Gasteiger partial charge on any atom is -0.282 e. The molecule has 0 radical (unpaired) electrons. The van der Waals surface area contributed by atoms with Gasteiger partial charge < -0.3 is 0 Å². The van der Waals surface area contributed by atoms with Crippen LogP contribution in [-0.4, -0.2) is 14.5 Å². The smallest absolute Gasteiger partial charge is 0.194 e. The van der Waals surface area contributed by atoms with Gasteiger partial charge in [-0.05, 0) is 6.92 Å². The molecule has 0 atom stereocenters. The van der Waals surface area contributed by atoms with Crippen molar-refractivity contribution in [3.63, 3.8) is 0 Å². The Bertz CT molecular complexity index is 336. The van der Waals surface area contributed by atoms with E-state index in [1.807, 2.05) is 23.1 Å². The third kappa shape index (κ3) is 1.17. The molecule has 0 aliphatic carbocycles. The van der Waals surface area contributed by atoms with Crippen LogP contribution < -0.4 is 0 Å². The number of imidazole rings is 1. The highest BCUT2D eigenvalue weighted by Gasteiger charge is 1.98. The van der Waals surface area contributed by atoms with E-state index < -0.39 is 0 Å². The molecule has 3 nitrogen and oxygen atoms in total. The second-order valence-electron chi connectivity index (χ2n) is 2.24. The summed E-state index contributed by atoms with van der Waals surface area (Å²) in [5.74, 6) is 0. The summed E-state index contributed by atoms with van der Waals surface area (Å²) >= 11 is 1.62. The normalized spacial score (nSPS) is 10.3. The molecule has 0 bridgehead atoms. The number of rotatable bonds is 1. The second kappa shape index (κ2) is 2.47. The average molecular weight is 165 g/mol. The second-order valence-corrected chi connectivity index (χ2v) is 3.08. The van der Waals surface area contributed by atoms with Crippen molar-refractivity contribution in [1.82, 2.24) is 14.5 Å². The molecule has 11 heavy (non-hydrogen) atoms. The number of aromatic nitrogens is 3. The zero-order chi connectivity index (χ0) is 7.68. The van der Waals surface area contributed by atoms with E-state index in [0.29, 0.717) is 0 Å².